The van der Waals surface area contributed by atoms with Crippen LogP contribution in [0.5, 0.6) is 0 Å². The molecular weight excluding hydrogens is 332 g/mol. The second kappa shape index (κ2) is 8.30. The number of nitrogens with zero attached hydrogens (tertiary/aromatic N) is 1. The molecule has 0 aliphatic carbocycles. The molecular formula is C20H24N2O2S. The van der Waals surface area contributed by atoms with E-state index < -0.39 is 6.04 Å². The van der Waals surface area contributed by atoms with Crippen molar-refractivity contribution in [2.24, 2.45) is 5.92 Å². The van der Waals surface area contributed by atoms with Crippen LogP contribution in [-0.2, 0) is 11.2 Å². The van der Waals surface area contributed by atoms with Crippen LogP contribution >= 0.6 is 11.3 Å². The lowest BCUT2D eigenvalue weighted by atomic mass is 9.97. The molecule has 3 rings (SSSR count). The minimum atomic E-state index is -0.523. The van der Waals surface area contributed by atoms with Crippen LogP contribution in [0.15, 0.2) is 47.8 Å². The van der Waals surface area contributed by atoms with E-state index in [1.807, 2.05) is 46.7 Å². The molecule has 1 unspecified atom stereocenters. The van der Waals surface area contributed by atoms with Crippen molar-refractivity contribution in [1.29, 1.82) is 0 Å². The van der Waals surface area contributed by atoms with Gasteiger partial charge in [-0.2, -0.15) is 0 Å². The Morgan fingerprint density at radius 1 is 1.16 bits per heavy atom. The van der Waals surface area contributed by atoms with Gasteiger partial charge < -0.3 is 10.2 Å². The first-order chi connectivity index (χ1) is 12.1. The Bertz CT molecular complexity index is 692. The molecule has 25 heavy (non-hydrogen) atoms. The quantitative estimate of drug-likeness (QED) is 0.893. The van der Waals surface area contributed by atoms with Crippen LogP contribution in [0.3, 0.4) is 0 Å². The van der Waals surface area contributed by atoms with Crippen LogP contribution in [0, 0.1) is 5.92 Å². The fraction of sp³-hybridized carbons (Fsp3) is 0.400. The van der Waals surface area contributed by atoms with Crippen LogP contribution in [-0.4, -0.2) is 35.8 Å². The number of piperidine rings is 1. The predicted octanol–water partition coefficient (Wildman–Crippen LogP) is 3.35. The smallest absolute Gasteiger partial charge is 0.262 e. The molecule has 1 saturated heterocycles. The summed E-state index contributed by atoms with van der Waals surface area (Å²) in [5, 5.41) is 4.83. The van der Waals surface area contributed by atoms with Gasteiger partial charge >= 0.3 is 0 Å². The summed E-state index contributed by atoms with van der Waals surface area (Å²) in [6.07, 6.45) is 2.58. The average molecular weight is 356 g/mol. The average Bonchev–Trinajstić information content (AvgIpc) is 3.17. The van der Waals surface area contributed by atoms with Crippen molar-refractivity contribution in [3.8, 4) is 0 Å². The Kier molecular flexibility index (Phi) is 5.87. The fourth-order valence-corrected chi connectivity index (χ4v) is 3.76. The van der Waals surface area contributed by atoms with E-state index in [-0.39, 0.29) is 11.8 Å². The van der Waals surface area contributed by atoms with Crippen LogP contribution < -0.4 is 5.32 Å². The van der Waals surface area contributed by atoms with Gasteiger partial charge in [0.05, 0.1) is 4.88 Å². The van der Waals surface area contributed by atoms with Gasteiger partial charge in [0.15, 0.2) is 0 Å². The summed E-state index contributed by atoms with van der Waals surface area (Å²) >= 11 is 1.39. The molecule has 2 aromatic rings. The number of carbonyl (C=O) groups is 2. The molecule has 1 aliphatic rings. The highest BCUT2D eigenvalue weighted by molar-refractivity contribution is 7.12. The summed E-state index contributed by atoms with van der Waals surface area (Å²) in [5.74, 6) is 0.521. The normalized spacial score (nSPS) is 16.4. The molecule has 2 amide bonds. The molecule has 1 N–H and O–H groups in total. The standard InChI is InChI=1S/C20H24N2O2S/c1-15-9-11-22(12-10-15)20(24)17(14-16-6-3-2-4-7-16)21-19(23)18-8-5-13-25-18/h2-8,13,15,17H,9-12,14H2,1H3,(H,21,23). The maximum absolute atomic E-state index is 13.0. The minimum absolute atomic E-state index is 0.0284. The van der Waals surface area contributed by atoms with Gasteiger partial charge in [-0.15, -0.1) is 11.3 Å². The van der Waals surface area contributed by atoms with E-state index in [0.717, 1.165) is 31.5 Å². The van der Waals surface area contributed by atoms with Crippen LogP contribution in [0.2, 0.25) is 0 Å². The molecule has 1 aromatic heterocycles. The van der Waals surface area contributed by atoms with Gasteiger partial charge in [0.1, 0.15) is 6.04 Å². The van der Waals surface area contributed by atoms with Crippen LogP contribution in [0.4, 0.5) is 0 Å². The summed E-state index contributed by atoms with van der Waals surface area (Å²) in [5.41, 5.74) is 1.05. The van der Waals surface area contributed by atoms with Crippen molar-refractivity contribution >= 4 is 23.2 Å². The van der Waals surface area contributed by atoms with Crippen LogP contribution in [0.25, 0.3) is 0 Å². The SMILES string of the molecule is CC1CCN(C(=O)C(Cc2ccccc2)NC(=O)c2cccs2)CC1. The van der Waals surface area contributed by atoms with E-state index in [9.17, 15) is 9.59 Å². The summed E-state index contributed by atoms with van der Waals surface area (Å²) in [7, 11) is 0. The summed E-state index contributed by atoms with van der Waals surface area (Å²) in [4.78, 5) is 28.0. The van der Waals surface area contributed by atoms with Gasteiger partial charge in [-0.1, -0.05) is 43.3 Å². The Labute approximate surface area is 152 Å². The van der Waals surface area contributed by atoms with E-state index >= 15 is 0 Å². The summed E-state index contributed by atoms with van der Waals surface area (Å²) in [6, 6.07) is 13.0. The third kappa shape index (κ3) is 4.69. The lowest BCUT2D eigenvalue weighted by Gasteiger charge is -2.33. The minimum Gasteiger partial charge on any atom is -0.341 e. The number of likely N-dealkylation sites (tertiary alicyclic amines) is 1. The molecule has 0 spiro atoms. The lowest BCUT2D eigenvalue weighted by Crippen LogP contribution is -2.51. The monoisotopic (exact) mass is 356 g/mol. The highest BCUT2D eigenvalue weighted by Gasteiger charge is 2.29. The molecule has 5 heteroatoms. The number of hydrogen-bond acceptors (Lipinski definition) is 3. The molecule has 1 atom stereocenters. The van der Waals surface area contributed by atoms with Crippen molar-refractivity contribution in [3.05, 3.63) is 58.3 Å². The van der Waals surface area contributed by atoms with E-state index in [1.54, 1.807) is 6.07 Å². The largest absolute Gasteiger partial charge is 0.341 e. The van der Waals surface area contributed by atoms with E-state index in [4.69, 9.17) is 0 Å². The zero-order valence-corrected chi connectivity index (χ0v) is 15.3. The number of amides is 2. The first kappa shape index (κ1) is 17.7. The van der Waals surface area contributed by atoms with Gasteiger partial charge in [0.2, 0.25) is 5.91 Å². The van der Waals surface area contributed by atoms with Crippen molar-refractivity contribution < 1.29 is 9.59 Å². The zero-order chi connectivity index (χ0) is 17.6. The third-order valence-corrected chi connectivity index (χ3v) is 5.59. The Morgan fingerprint density at radius 3 is 2.52 bits per heavy atom. The highest BCUT2D eigenvalue weighted by Crippen LogP contribution is 2.18. The van der Waals surface area contributed by atoms with Gasteiger partial charge in [0, 0.05) is 19.5 Å². The number of rotatable bonds is 5. The van der Waals surface area contributed by atoms with Gasteiger partial charge in [0.25, 0.3) is 5.91 Å². The van der Waals surface area contributed by atoms with Crippen LogP contribution in [0.1, 0.15) is 35.0 Å². The molecule has 0 saturated carbocycles. The lowest BCUT2D eigenvalue weighted by molar-refractivity contribution is -0.134. The maximum Gasteiger partial charge on any atom is 0.262 e. The Hall–Kier alpha value is -2.14. The second-order valence-electron chi connectivity index (χ2n) is 6.70. The predicted molar refractivity (Wildman–Crippen MR) is 101 cm³/mol. The Balaban J connectivity index is 1.73. The Morgan fingerprint density at radius 2 is 1.88 bits per heavy atom. The van der Waals surface area contributed by atoms with Crippen molar-refractivity contribution in [2.75, 3.05) is 13.1 Å². The number of carbonyl (C=O) groups excluding carboxylic acids is 2. The molecule has 4 nitrogen and oxygen atoms in total. The number of nitrogens with one attached hydrogen (secondary N) is 1. The molecule has 0 radical (unpaired) electrons. The van der Waals surface area contributed by atoms with E-state index in [2.05, 4.69) is 12.2 Å². The molecule has 1 aliphatic heterocycles. The topological polar surface area (TPSA) is 49.4 Å². The summed E-state index contributed by atoms with van der Waals surface area (Å²) < 4.78 is 0. The first-order valence-corrected chi connectivity index (χ1v) is 9.68. The fourth-order valence-electron chi connectivity index (χ4n) is 3.14. The van der Waals surface area contributed by atoms with E-state index in [0.29, 0.717) is 17.2 Å². The highest BCUT2D eigenvalue weighted by atomic mass is 32.1. The number of hydrogen-bond donors (Lipinski definition) is 1. The maximum atomic E-state index is 13.0. The van der Waals surface area contributed by atoms with Crippen molar-refractivity contribution in [2.45, 2.75) is 32.2 Å². The van der Waals surface area contributed by atoms with Gasteiger partial charge in [-0.3, -0.25) is 9.59 Å². The molecule has 132 valence electrons. The number of thiophene rings is 1. The zero-order valence-electron chi connectivity index (χ0n) is 14.5. The second-order valence-corrected chi connectivity index (χ2v) is 7.65. The molecule has 1 aromatic carbocycles. The molecule has 0 bridgehead atoms. The van der Waals surface area contributed by atoms with Gasteiger partial charge in [-0.05, 0) is 35.8 Å². The van der Waals surface area contributed by atoms with Crippen molar-refractivity contribution in [3.63, 3.8) is 0 Å². The third-order valence-electron chi connectivity index (χ3n) is 4.73. The summed E-state index contributed by atoms with van der Waals surface area (Å²) in [6.45, 7) is 3.78. The van der Waals surface area contributed by atoms with E-state index in [1.165, 1.54) is 11.3 Å². The van der Waals surface area contributed by atoms with Crippen molar-refractivity contribution in [1.82, 2.24) is 10.2 Å². The molecule has 2 heterocycles. The number of benzene rings is 1. The van der Waals surface area contributed by atoms with Gasteiger partial charge in [-0.25, -0.2) is 0 Å². The first-order valence-electron chi connectivity index (χ1n) is 8.80. The molecule has 1 fully saturated rings.